The van der Waals surface area contributed by atoms with Crippen molar-refractivity contribution in [2.24, 2.45) is 0 Å². The zero-order chi connectivity index (χ0) is 13.8. The molecule has 0 saturated heterocycles. The number of carbonyl (C=O) groups is 1. The third-order valence-electron chi connectivity index (χ3n) is 2.60. The molecule has 0 spiro atoms. The molecule has 0 heterocycles. The Hall–Kier alpha value is -1.51. The van der Waals surface area contributed by atoms with E-state index in [2.05, 4.69) is 0 Å². The number of carbonyl (C=O) groups excluding carboxylic acids is 1. The average Bonchev–Trinajstić information content (AvgIpc) is 2.27. The van der Waals surface area contributed by atoms with Crippen LogP contribution in [0.3, 0.4) is 0 Å². The standard InChI is InChI=1S/C15H18F2O/c1-11(2)8-9-15(16,17)10-14(18)13-6-4-12(3)5-7-13/h4-8H,9-10H2,1-3H3. The summed E-state index contributed by atoms with van der Waals surface area (Å²) in [5, 5.41) is 0. The van der Waals surface area contributed by atoms with Crippen LogP contribution in [0.5, 0.6) is 0 Å². The van der Waals surface area contributed by atoms with Crippen LogP contribution in [0, 0.1) is 6.92 Å². The lowest BCUT2D eigenvalue weighted by atomic mass is 10.0. The fourth-order valence-electron chi connectivity index (χ4n) is 1.50. The normalized spacial score (nSPS) is 11.2. The topological polar surface area (TPSA) is 17.1 Å². The van der Waals surface area contributed by atoms with Gasteiger partial charge in [-0.15, -0.1) is 0 Å². The Morgan fingerprint density at radius 1 is 1.22 bits per heavy atom. The van der Waals surface area contributed by atoms with Crippen LogP contribution in [-0.2, 0) is 0 Å². The maximum Gasteiger partial charge on any atom is 0.258 e. The Bertz CT molecular complexity index is 440. The van der Waals surface area contributed by atoms with Gasteiger partial charge in [0, 0.05) is 12.0 Å². The van der Waals surface area contributed by atoms with Crippen molar-refractivity contribution in [1.82, 2.24) is 0 Å². The third-order valence-corrected chi connectivity index (χ3v) is 2.60. The molecule has 0 amide bonds. The van der Waals surface area contributed by atoms with E-state index in [1.807, 2.05) is 6.92 Å². The highest BCUT2D eigenvalue weighted by molar-refractivity contribution is 5.96. The van der Waals surface area contributed by atoms with E-state index in [1.54, 1.807) is 38.1 Å². The van der Waals surface area contributed by atoms with Crippen LogP contribution in [0.2, 0.25) is 0 Å². The second-order valence-corrected chi connectivity index (χ2v) is 4.81. The minimum atomic E-state index is -2.97. The van der Waals surface area contributed by atoms with Gasteiger partial charge < -0.3 is 0 Å². The van der Waals surface area contributed by atoms with Gasteiger partial charge in [-0.3, -0.25) is 4.79 Å². The fraction of sp³-hybridized carbons (Fsp3) is 0.400. The van der Waals surface area contributed by atoms with Crippen LogP contribution in [0.4, 0.5) is 8.78 Å². The number of halogens is 2. The molecule has 1 aromatic carbocycles. The largest absolute Gasteiger partial charge is 0.294 e. The number of hydrogen-bond donors (Lipinski definition) is 0. The van der Waals surface area contributed by atoms with Crippen LogP contribution >= 0.6 is 0 Å². The Morgan fingerprint density at radius 2 is 1.78 bits per heavy atom. The molecule has 0 bridgehead atoms. The summed E-state index contributed by atoms with van der Waals surface area (Å²) in [4.78, 5) is 11.7. The number of hydrogen-bond acceptors (Lipinski definition) is 1. The SMILES string of the molecule is CC(C)=CCC(F)(F)CC(=O)c1ccc(C)cc1. The Morgan fingerprint density at radius 3 is 2.28 bits per heavy atom. The number of alkyl halides is 2. The maximum atomic E-state index is 13.5. The molecule has 0 unspecified atom stereocenters. The number of allylic oxidation sites excluding steroid dienone is 2. The van der Waals surface area contributed by atoms with Gasteiger partial charge in [-0.1, -0.05) is 41.5 Å². The fourth-order valence-corrected chi connectivity index (χ4v) is 1.50. The molecule has 18 heavy (non-hydrogen) atoms. The van der Waals surface area contributed by atoms with E-state index in [0.717, 1.165) is 11.1 Å². The zero-order valence-corrected chi connectivity index (χ0v) is 11.0. The zero-order valence-electron chi connectivity index (χ0n) is 11.0. The Kier molecular flexibility index (Phi) is 4.76. The first-order valence-electron chi connectivity index (χ1n) is 5.91. The molecule has 0 aliphatic rings. The van der Waals surface area contributed by atoms with Gasteiger partial charge in [0.2, 0.25) is 0 Å². The minimum absolute atomic E-state index is 0.345. The molecule has 0 radical (unpaired) electrons. The molecule has 1 rings (SSSR count). The number of ketones is 1. The lowest BCUT2D eigenvalue weighted by Crippen LogP contribution is -2.20. The summed E-state index contributed by atoms with van der Waals surface area (Å²) in [5.41, 5.74) is 2.18. The van der Waals surface area contributed by atoms with Crippen LogP contribution < -0.4 is 0 Å². The van der Waals surface area contributed by atoms with Gasteiger partial charge in [-0.05, 0) is 20.8 Å². The van der Waals surface area contributed by atoms with Gasteiger partial charge in [-0.2, -0.15) is 0 Å². The maximum absolute atomic E-state index is 13.5. The lowest BCUT2D eigenvalue weighted by Gasteiger charge is -2.13. The van der Waals surface area contributed by atoms with Crippen molar-refractivity contribution in [3.05, 3.63) is 47.0 Å². The third kappa shape index (κ3) is 4.78. The van der Waals surface area contributed by atoms with Gasteiger partial charge in [0.1, 0.15) is 0 Å². The number of Topliss-reactive ketones (excluding diaryl/α,β-unsaturated/α-hetero) is 1. The molecule has 0 aromatic heterocycles. The van der Waals surface area contributed by atoms with Crippen molar-refractivity contribution in [3.63, 3.8) is 0 Å². The Labute approximate surface area is 107 Å². The minimum Gasteiger partial charge on any atom is -0.294 e. The molecule has 0 aliphatic heterocycles. The molecule has 1 aromatic rings. The molecule has 0 fully saturated rings. The second kappa shape index (κ2) is 5.89. The first kappa shape index (κ1) is 14.6. The predicted molar refractivity (Wildman–Crippen MR) is 69.1 cm³/mol. The molecule has 98 valence electrons. The van der Waals surface area contributed by atoms with E-state index in [4.69, 9.17) is 0 Å². The van der Waals surface area contributed by atoms with E-state index >= 15 is 0 Å². The van der Waals surface area contributed by atoms with Crippen molar-refractivity contribution < 1.29 is 13.6 Å². The quantitative estimate of drug-likeness (QED) is 0.554. The van der Waals surface area contributed by atoms with E-state index in [-0.39, 0.29) is 6.42 Å². The van der Waals surface area contributed by atoms with E-state index in [9.17, 15) is 13.6 Å². The van der Waals surface area contributed by atoms with Crippen molar-refractivity contribution >= 4 is 5.78 Å². The van der Waals surface area contributed by atoms with E-state index < -0.39 is 18.1 Å². The van der Waals surface area contributed by atoms with Crippen molar-refractivity contribution in [2.75, 3.05) is 0 Å². The lowest BCUT2D eigenvalue weighted by molar-refractivity contribution is 0.000126. The molecule has 3 heteroatoms. The monoisotopic (exact) mass is 252 g/mol. The van der Waals surface area contributed by atoms with Crippen LogP contribution in [0.1, 0.15) is 42.6 Å². The molecular formula is C15H18F2O. The van der Waals surface area contributed by atoms with Gasteiger partial charge >= 0.3 is 0 Å². The van der Waals surface area contributed by atoms with E-state index in [0.29, 0.717) is 5.56 Å². The summed E-state index contributed by atoms with van der Waals surface area (Å²) in [6.07, 6.45) is 0.342. The second-order valence-electron chi connectivity index (χ2n) is 4.81. The predicted octanol–water partition coefficient (Wildman–Crippen LogP) is 4.56. The van der Waals surface area contributed by atoms with Crippen molar-refractivity contribution in [3.8, 4) is 0 Å². The van der Waals surface area contributed by atoms with Crippen molar-refractivity contribution in [2.45, 2.75) is 39.5 Å². The average molecular weight is 252 g/mol. The summed E-state index contributed by atoms with van der Waals surface area (Å²) in [5.74, 6) is -3.48. The van der Waals surface area contributed by atoms with Gasteiger partial charge in [0.15, 0.2) is 5.78 Å². The molecule has 0 saturated carbocycles. The first-order chi connectivity index (χ1) is 8.30. The first-order valence-corrected chi connectivity index (χ1v) is 5.91. The van der Waals surface area contributed by atoms with Gasteiger partial charge in [0.05, 0.1) is 6.42 Å². The van der Waals surface area contributed by atoms with Crippen molar-refractivity contribution in [1.29, 1.82) is 0 Å². The number of benzene rings is 1. The molecular weight excluding hydrogens is 234 g/mol. The summed E-state index contributed by atoms with van der Waals surface area (Å²) in [6, 6.07) is 6.69. The van der Waals surface area contributed by atoms with Gasteiger partial charge in [0.25, 0.3) is 5.92 Å². The van der Waals surface area contributed by atoms with Crippen LogP contribution in [-0.4, -0.2) is 11.7 Å². The highest BCUT2D eigenvalue weighted by Crippen LogP contribution is 2.26. The molecule has 0 atom stereocenters. The van der Waals surface area contributed by atoms with Crippen LogP contribution in [0.25, 0.3) is 0 Å². The number of aryl methyl sites for hydroxylation is 1. The highest BCUT2D eigenvalue weighted by atomic mass is 19.3. The smallest absolute Gasteiger partial charge is 0.258 e. The highest BCUT2D eigenvalue weighted by Gasteiger charge is 2.31. The summed E-state index contributed by atoms with van der Waals surface area (Å²) in [7, 11) is 0. The van der Waals surface area contributed by atoms with Crippen LogP contribution in [0.15, 0.2) is 35.9 Å². The van der Waals surface area contributed by atoms with E-state index in [1.165, 1.54) is 6.08 Å². The molecule has 1 nitrogen and oxygen atoms in total. The summed E-state index contributed by atoms with van der Waals surface area (Å²) < 4.78 is 27.1. The van der Waals surface area contributed by atoms with Gasteiger partial charge in [-0.25, -0.2) is 8.78 Å². The Balaban J connectivity index is 2.69. The summed E-state index contributed by atoms with van der Waals surface area (Å²) >= 11 is 0. The molecule has 0 N–H and O–H groups in total. The molecule has 0 aliphatic carbocycles. The summed E-state index contributed by atoms with van der Waals surface area (Å²) in [6.45, 7) is 5.41. The number of rotatable bonds is 5.